The Morgan fingerprint density at radius 2 is 1.77 bits per heavy atom. The van der Waals surface area contributed by atoms with E-state index in [9.17, 15) is 4.79 Å². The number of aromatic nitrogens is 1. The number of hydrogen-bond acceptors (Lipinski definition) is 4. The van der Waals surface area contributed by atoms with Gasteiger partial charge in [0.1, 0.15) is 5.75 Å². The second-order valence-electron chi connectivity index (χ2n) is 8.35. The average molecular weight is 416 g/mol. The number of nitrogens with two attached hydrogens (primary N) is 1. The maximum atomic E-state index is 12.6. The van der Waals surface area contributed by atoms with Crippen LogP contribution in [0.15, 0.2) is 73.1 Å². The standard InChI is InChI=1S/C26H29N3O2/c1-31-24-8-3-2-6-23(24)19-29-15-11-26(12-16-29,25(27)30)18-20-5-4-7-22(17-20)21-9-13-28-14-10-21/h2-10,13-14,17H,11-12,15-16,18-19H2,1H3,(H2,27,30). The molecule has 5 nitrogen and oxygen atoms in total. The number of benzene rings is 2. The normalized spacial score (nSPS) is 16.0. The molecule has 1 fully saturated rings. The molecular formula is C26H29N3O2. The Labute approximate surface area is 183 Å². The van der Waals surface area contributed by atoms with Crippen molar-refractivity contribution in [3.05, 3.63) is 84.2 Å². The van der Waals surface area contributed by atoms with Crippen molar-refractivity contribution >= 4 is 5.91 Å². The van der Waals surface area contributed by atoms with Gasteiger partial charge in [0.15, 0.2) is 0 Å². The van der Waals surface area contributed by atoms with Crippen LogP contribution in [0.3, 0.4) is 0 Å². The predicted molar refractivity (Wildman–Crippen MR) is 123 cm³/mol. The molecule has 5 heteroatoms. The van der Waals surface area contributed by atoms with Gasteiger partial charge in [-0.1, -0.05) is 42.5 Å². The van der Waals surface area contributed by atoms with Gasteiger partial charge in [-0.2, -0.15) is 0 Å². The number of amides is 1. The van der Waals surface area contributed by atoms with Gasteiger partial charge in [0.25, 0.3) is 0 Å². The van der Waals surface area contributed by atoms with Crippen LogP contribution in [0.1, 0.15) is 24.0 Å². The Kier molecular flexibility index (Phi) is 6.33. The highest BCUT2D eigenvalue weighted by atomic mass is 16.5. The summed E-state index contributed by atoms with van der Waals surface area (Å²) < 4.78 is 5.49. The van der Waals surface area contributed by atoms with Crippen molar-refractivity contribution in [1.82, 2.24) is 9.88 Å². The summed E-state index contributed by atoms with van der Waals surface area (Å²) in [4.78, 5) is 19.1. The van der Waals surface area contributed by atoms with Crippen LogP contribution in [0.2, 0.25) is 0 Å². The van der Waals surface area contributed by atoms with Crippen LogP contribution in [0.25, 0.3) is 11.1 Å². The maximum absolute atomic E-state index is 12.6. The highest BCUT2D eigenvalue weighted by Gasteiger charge is 2.40. The van der Waals surface area contributed by atoms with Gasteiger partial charge in [0.05, 0.1) is 12.5 Å². The molecule has 0 spiro atoms. The molecule has 1 aliphatic rings. The lowest BCUT2D eigenvalue weighted by molar-refractivity contribution is -0.130. The highest BCUT2D eigenvalue weighted by molar-refractivity contribution is 5.81. The van der Waals surface area contributed by atoms with Gasteiger partial charge in [-0.15, -0.1) is 0 Å². The number of piperidine rings is 1. The van der Waals surface area contributed by atoms with E-state index in [1.54, 1.807) is 19.5 Å². The van der Waals surface area contributed by atoms with Crippen molar-refractivity contribution in [3.8, 4) is 16.9 Å². The second kappa shape index (κ2) is 9.31. The number of carbonyl (C=O) groups is 1. The first-order valence-corrected chi connectivity index (χ1v) is 10.7. The number of ether oxygens (including phenoxy) is 1. The molecule has 3 aromatic rings. The van der Waals surface area contributed by atoms with Crippen LogP contribution >= 0.6 is 0 Å². The zero-order chi connectivity index (χ0) is 21.7. The lowest BCUT2D eigenvalue weighted by Gasteiger charge is -2.40. The fraction of sp³-hybridized carbons (Fsp3) is 0.308. The zero-order valence-electron chi connectivity index (χ0n) is 18.0. The quantitative estimate of drug-likeness (QED) is 0.632. The fourth-order valence-electron chi connectivity index (χ4n) is 4.52. The number of pyridine rings is 1. The third-order valence-electron chi connectivity index (χ3n) is 6.41. The summed E-state index contributed by atoms with van der Waals surface area (Å²) >= 11 is 0. The van der Waals surface area contributed by atoms with Gasteiger partial charge in [0.2, 0.25) is 5.91 Å². The summed E-state index contributed by atoms with van der Waals surface area (Å²) in [7, 11) is 1.70. The number of carbonyl (C=O) groups excluding carboxylic acids is 1. The van der Waals surface area contributed by atoms with Crippen molar-refractivity contribution in [3.63, 3.8) is 0 Å². The van der Waals surface area contributed by atoms with Gasteiger partial charge in [-0.3, -0.25) is 14.7 Å². The van der Waals surface area contributed by atoms with E-state index in [0.29, 0.717) is 6.42 Å². The van der Waals surface area contributed by atoms with Crippen LogP contribution in [0.5, 0.6) is 5.75 Å². The summed E-state index contributed by atoms with van der Waals surface area (Å²) in [5.41, 5.74) is 10.0. The predicted octanol–water partition coefficient (Wildman–Crippen LogP) is 4.07. The molecule has 0 bridgehead atoms. The summed E-state index contributed by atoms with van der Waals surface area (Å²) in [6.07, 6.45) is 5.78. The minimum absolute atomic E-state index is 0.196. The Morgan fingerprint density at radius 3 is 2.48 bits per heavy atom. The number of hydrogen-bond donors (Lipinski definition) is 1. The molecule has 31 heavy (non-hydrogen) atoms. The second-order valence-corrected chi connectivity index (χ2v) is 8.35. The van der Waals surface area contributed by atoms with Crippen molar-refractivity contribution in [2.75, 3.05) is 20.2 Å². The van der Waals surface area contributed by atoms with Gasteiger partial charge in [-0.25, -0.2) is 0 Å². The van der Waals surface area contributed by atoms with E-state index in [-0.39, 0.29) is 5.91 Å². The first-order valence-electron chi connectivity index (χ1n) is 10.7. The molecule has 2 N–H and O–H groups in total. The van der Waals surface area contributed by atoms with Crippen LogP contribution in [-0.2, 0) is 17.8 Å². The van der Waals surface area contributed by atoms with E-state index in [1.807, 2.05) is 30.3 Å². The van der Waals surface area contributed by atoms with Gasteiger partial charge in [-0.05, 0) is 67.2 Å². The summed E-state index contributed by atoms with van der Waals surface area (Å²) in [6.45, 7) is 2.49. The lowest BCUT2D eigenvalue weighted by atomic mass is 9.73. The minimum Gasteiger partial charge on any atom is -0.496 e. The Bertz CT molecular complexity index is 1030. The number of likely N-dealkylation sites (tertiary alicyclic amines) is 1. The minimum atomic E-state index is -0.506. The van der Waals surface area contributed by atoms with E-state index in [4.69, 9.17) is 10.5 Å². The Morgan fingerprint density at radius 1 is 1.03 bits per heavy atom. The number of primary amides is 1. The van der Waals surface area contributed by atoms with Gasteiger partial charge in [0, 0.05) is 24.5 Å². The van der Waals surface area contributed by atoms with E-state index in [2.05, 4.69) is 40.2 Å². The molecule has 0 unspecified atom stereocenters. The van der Waals surface area contributed by atoms with Crippen LogP contribution in [0, 0.1) is 5.41 Å². The highest BCUT2D eigenvalue weighted by Crippen LogP contribution is 2.36. The van der Waals surface area contributed by atoms with Crippen LogP contribution < -0.4 is 10.5 Å². The average Bonchev–Trinajstić information content (AvgIpc) is 2.81. The Balaban J connectivity index is 1.47. The third kappa shape index (κ3) is 4.78. The fourth-order valence-corrected chi connectivity index (χ4v) is 4.52. The molecule has 4 rings (SSSR count). The van der Waals surface area contributed by atoms with Crippen molar-refractivity contribution in [2.24, 2.45) is 11.1 Å². The lowest BCUT2D eigenvalue weighted by Crippen LogP contribution is -2.48. The molecular weight excluding hydrogens is 386 g/mol. The van der Waals surface area contributed by atoms with Crippen LogP contribution in [0.4, 0.5) is 0 Å². The monoisotopic (exact) mass is 415 g/mol. The van der Waals surface area contributed by atoms with E-state index < -0.39 is 5.41 Å². The molecule has 0 radical (unpaired) electrons. The summed E-state index contributed by atoms with van der Waals surface area (Å²) in [5, 5.41) is 0. The molecule has 1 aliphatic heterocycles. The van der Waals surface area contributed by atoms with Crippen molar-refractivity contribution in [2.45, 2.75) is 25.8 Å². The third-order valence-corrected chi connectivity index (χ3v) is 6.41. The van der Waals surface area contributed by atoms with E-state index in [1.165, 1.54) is 5.56 Å². The zero-order valence-corrected chi connectivity index (χ0v) is 18.0. The smallest absolute Gasteiger partial charge is 0.224 e. The molecule has 0 aliphatic carbocycles. The maximum Gasteiger partial charge on any atom is 0.224 e. The van der Waals surface area contributed by atoms with E-state index >= 15 is 0 Å². The number of para-hydroxylation sites is 1. The summed E-state index contributed by atoms with van der Waals surface area (Å²) in [5.74, 6) is 0.709. The Hall–Kier alpha value is -3.18. The summed E-state index contributed by atoms with van der Waals surface area (Å²) in [6, 6.07) is 20.5. The number of methoxy groups -OCH3 is 1. The number of rotatable bonds is 7. The van der Waals surface area contributed by atoms with E-state index in [0.717, 1.165) is 54.9 Å². The van der Waals surface area contributed by atoms with Crippen molar-refractivity contribution in [1.29, 1.82) is 0 Å². The molecule has 1 aromatic heterocycles. The molecule has 1 amide bonds. The first-order chi connectivity index (χ1) is 15.1. The number of nitrogens with zero attached hydrogens (tertiary/aromatic N) is 2. The van der Waals surface area contributed by atoms with Gasteiger partial charge >= 0.3 is 0 Å². The first kappa shape index (κ1) is 21.1. The molecule has 0 atom stereocenters. The topological polar surface area (TPSA) is 68.4 Å². The van der Waals surface area contributed by atoms with Crippen LogP contribution in [-0.4, -0.2) is 36.0 Å². The van der Waals surface area contributed by atoms with Gasteiger partial charge < -0.3 is 10.5 Å². The molecule has 2 aromatic carbocycles. The largest absolute Gasteiger partial charge is 0.496 e. The SMILES string of the molecule is COc1ccccc1CN1CCC(Cc2cccc(-c3ccncc3)c2)(C(N)=O)CC1. The molecule has 1 saturated heterocycles. The van der Waals surface area contributed by atoms with Crippen molar-refractivity contribution < 1.29 is 9.53 Å². The molecule has 160 valence electrons. The molecule has 2 heterocycles. The molecule has 0 saturated carbocycles.